The molecule has 0 aromatic carbocycles. The first-order valence-corrected chi connectivity index (χ1v) is 7.61. The van der Waals surface area contributed by atoms with Gasteiger partial charge in [-0.05, 0) is 58.2 Å². The second-order valence-corrected chi connectivity index (χ2v) is 6.59. The first-order chi connectivity index (χ1) is 8.43. The predicted molar refractivity (Wildman–Crippen MR) is 77.8 cm³/mol. The quantitative estimate of drug-likeness (QED) is 0.733. The van der Waals surface area contributed by atoms with Crippen LogP contribution in [0.4, 0.5) is 0 Å². The van der Waals surface area contributed by atoms with Gasteiger partial charge in [0.25, 0.3) is 0 Å². The molecule has 0 saturated carbocycles. The monoisotopic (exact) mass is 256 g/mol. The van der Waals surface area contributed by atoms with Gasteiger partial charge in [0.1, 0.15) is 0 Å². The zero-order valence-corrected chi connectivity index (χ0v) is 12.7. The number of hydrogen-bond acceptors (Lipinski definition) is 3. The lowest BCUT2D eigenvalue weighted by Crippen LogP contribution is -2.48. The molecule has 1 rings (SSSR count). The van der Waals surface area contributed by atoms with Crippen LogP contribution in [-0.2, 0) is 0 Å². The number of likely N-dealkylation sites (tertiary alicyclic amines) is 1. The third-order valence-corrected chi connectivity index (χ3v) is 3.75. The zero-order chi connectivity index (χ0) is 13.6. The lowest BCUT2D eigenvalue weighted by molar-refractivity contribution is 0.0331. The molecule has 0 aromatic rings. The van der Waals surface area contributed by atoms with E-state index in [0.29, 0.717) is 12.0 Å². The molecule has 0 radical (unpaired) electrons. The molecule has 18 heavy (non-hydrogen) atoms. The van der Waals surface area contributed by atoms with Gasteiger partial charge in [0.05, 0.1) is 5.60 Å². The van der Waals surface area contributed by atoms with E-state index in [4.69, 9.17) is 0 Å². The molecule has 1 atom stereocenters. The molecule has 0 bridgehead atoms. The predicted octanol–water partition coefficient (Wildman–Crippen LogP) is 2.25. The Morgan fingerprint density at radius 2 is 1.94 bits per heavy atom. The first kappa shape index (κ1) is 15.9. The first-order valence-electron chi connectivity index (χ1n) is 7.61. The van der Waals surface area contributed by atoms with E-state index in [1.807, 2.05) is 6.92 Å². The van der Waals surface area contributed by atoms with Crippen LogP contribution in [0.15, 0.2) is 0 Å². The van der Waals surface area contributed by atoms with Crippen LogP contribution >= 0.6 is 0 Å². The molecule has 1 aliphatic rings. The Morgan fingerprint density at radius 3 is 2.44 bits per heavy atom. The summed E-state index contributed by atoms with van der Waals surface area (Å²) in [5.41, 5.74) is -0.561. The van der Waals surface area contributed by atoms with E-state index in [2.05, 4.69) is 31.0 Å². The topological polar surface area (TPSA) is 35.5 Å². The third-order valence-electron chi connectivity index (χ3n) is 3.75. The number of piperidine rings is 1. The lowest BCUT2D eigenvalue weighted by Gasteiger charge is -2.34. The maximum Gasteiger partial charge on any atom is 0.0746 e. The summed E-state index contributed by atoms with van der Waals surface area (Å²) in [5.74, 6) is 0.549. The van der Waals surface area contributed by atoms with Crippen molar-refractivity contribution in [1.29, 1.82) is 0 Å². The van der Waals surface area contributed by atoms with Crippen molar-refractivity contribution < 1.29 is 5.11 Å². The summed E-state index contributed by atoms with van der Waals surface area (Å²) in [6.07, 6.45) is 4.56. The summed E-state index contributed by atoms with van der Waals surface area (Å²) < 4.78 is 0. The number of nitrogens with zero attached hydrogens (tertiary/aromatic N) is 1. The molecular weight excluding hydrogens is 224 g/mol. The molecule has 1 heterocycles. The summed E-state index contributed by atoms with van der Waals surface area (Å²) in [6, 6.07) is 0.594. The van der Waals surface area contributed by atoms with Gasteiger partial charge in [-0.3, -0.25) is 0 Å². The molecular formula is C15H32N2O. The van der Waals surface area contributed by atoms with Crippen LogP contribution in [-0.4, -0.2) is 47.8 Å². The Bertz CT molecular complexity index is 221. The fraction of sp³-hybridized carbons (Fsp3) is 1.00. The Kier molecular flexibility index (Phi) is 6.61. The average Bonchev–Trinajstić information content (AvgIpc) is 2.27. The van der Waals surface area contributed by atoms with Crippen LogP contribution in [0, 0.1) is 5.92 Å². The van der Waals surface area contributed by atoms with E-state index in [1.54, 1.807) is 0 Å². The largest absolute Gasteiger partial charge is 0.389 e. The van der Waals surface area contributed by atoms with Gasteiger partial charge in [-0.25, -0.2) is 0 Å². The SMILES string of the molecule is CCCN1CCC(NCC(C)(O)CC(C)C)CC1. The van der Waals surface area contributed by atoms with Crippen LogP contribution in [0.2, 0.25) is 0 Å². The molecule has 1 saturated heterocycles. The van der Waals surface area contributed by atoms with E-state index in [0.717, 1.165) is 13.0 Å². The molecule has 0 aromatic heterocycles. The Balaban J connectivity index is 2.21. The van der Waals surface area contributed by atoms with Crippen molar-refractivity contribution >= 4 is 0 Å². The molecule has 0 spiro atoms. The standard InChI is InChI=1S/C15H32N2O/c1-5-8-17-9-6-14(7-10-17)16-12-15(4,18)11-13(2)3/h13-14,16,18H,5-12H2,1-4H3. The molecule has 0 aliphatic carbocycles. The molecule has 3 nitrogen and oxygen atoms in total. The second kappa shape index (κ2) is 7.46. The van der Waals surface area contributed by atoms with Crippen LogP contribution in [0.25, 0.3) is 0 Å². The summed E-state index contributed by atoms with van der Waals surface area (Å²) >= 11 is 0. The Morgan fingerprint density at radius 1 is 1.33 bits per heavy atom. The van der Waals surface area contributed by atoms with Crippen molar-refractivity contribution in [2.45, 2.75) is 65.0 Å². The Hall–Kier alpha value is -0.120. The van der Waals surface area contributed by atoms with E-state index >= 15 is 0 Å². The minimum atomic E-state index is -0.561. The van der Waals surface area contributed by atoms with Crippen LogP contribution in [0.5, 0.6) is 0 Å². The minimum absolute atomic E-state index is 0.549. The third kappa shape index (κ3) is 6.17. The van der Waals surface area contributed by atoms with E-state index in [1.165, 1.54) is 38.9 Å². The number of aliphatic hydroxyl groups is 1. The van der Waals surface area contributed by atoms with Crippen LogP contribution < -0.4 is 5.32 Å². The lowest BCUT2D eigenvalue weighted by atomic mass is 9.93. The van der Waals surface area contributed by atoms with Gasteiger partial charge in [-0.15, -0.1) is 0 Å². The smallest absolute Gasteiger partial charge is 0.0746 e. The highest BCUT2D eigenvalue weighted by Gasteiger charge is 2.24. The maximum absolute atomic E-state index is 10.3. The summed E-state index contributed by atoms with van der Waals surface area (Å²) in [4.78, 5) is 2.55. The van der Waals surface area contributed by atoms with Gasteiger partial charge in [-0.2, -0.15) is 0 Å². The van der Waals surface area contributed by atoms with E-state index in [-0.39, 0.29) is 0 Å². The average molecular weight is 256 g/mol. The molecule has 3 heteroatoms. The van der Waals surface area contributed by atoms with Crippen molar-refractivity contribution in [2.24, 2.45) is 5.92 Å². The zero-order valence-electron chi connectivity index (χ0n) is 12.7. The molecule has 2 N–H and O–H groups in total. The van der Waals surface area contributed by atoms with Crippen molar-refractivity contribution in [3.8, 4) is 0 Å². The number of hydrogen-bond donors (Lipinski definition) is 2. The fourth-order valence-electron chi connectivity index (χ4n) is 2.99. The Labute approximate surface area is 113 Å². The minimum Gasteiger partial charge on any atom is -0.389 e. The summed E-state index contributed by atoms with van der Waals surface area (Å²) in [5, 5.41) is 13.8. The van der Waals surface area contributed by atoms with Gasteiger partial charge in [0.15, 0.2) is 0 Å². The van der Waals surface area contributed by atoms with Gasteiger partial charge in [0, 0.05) is 12.6 Å². The van der Waals surface area contributed by atoms with Gasteiger partial charge < -0.3 is 15.3 Å². The summed E-state index contributed by atoms with van der Waals surface area (Å²) in [6.45, 7) is 12.9. The molecule has 1 unspecified atom stereocenters. The van der Waals surface area contributed by atoms with E-state index < -0.39 is 5.60 Å². The second-order valence-electron chi connectivity index (χ2n) is 6.59. The molecule has 1 fully saturated rings. The van der Waals surface area contributed by atoms with Crippen molar-refractivity contribution in [2.75, 3.05) is 26.2 Å². The van der Waals surface area contributed by atoms with Gasteiger partial charge in [0.2, 0.25) is 0 Å². The van der Waals surface area contributed by atoms with Crippen LogP contribution in [0.1, 0.15) is 53.4 Å². The highest BCUT2D eigenvalue weighted by atomic mass is 16.3. The van der Waals surface area contributed by atoms with Crippen molar-refractivity contribution in [3.05, 3.63) is 0 Å². The summed E-state index contributed by atoms with van der Waals surface area (Å²) in [7, 11) is 0. The normalized spacial score (nSPS) is 22.3. The fourth-order valence-corrected chi connectivity index (χ4v) is 2.99. The molecule has 0 amide bonds. The molecule has 1 aliphatic heterocycles. The van der Waals surface area contributed by atoms with Gasteiger partial charge in [-0.1, -0.05) is 20.8 Å². The van der Waals surface area contributed by atoms with Crippen molar-refractivity contribution in [1.82, 2.24) is 10.2 Å². The highest BCUT2D eigenvalue weighted by molar-refractivity contribution is 4.82. The molecule has 108 valence electrons. The van der Waals surface area contributed by atoms with Crippen molar-refractivity contribution in [3.63, 3.8) is 0 Å². The number of nitrogens with one attached hydrogen (secondary N) is 1. The van der Waals surface area contributed by atoms with E-state index in [9.17, 15) is 5.11 Å². The maximum atomic E-state index is 10.3. The van der Waals surface area contributed by atoms with Gasteiger partial charge >= 0.3 is 0 Å². The highest BCUT2D eigenvalue weighted by Crippen LogP contribution is 2.17. The number of rotatable bonds is 7. The van der Waals surface area contributed by atoms with Crippen LogP contribution in [0.3, 0.4) is 0 Å².